The minimum absolute atomic E-state index is 0.00881. The van der Waals surface area contributed by atoms with E-state index < -0.39 is 0 Å². The number of carbonyl (C=O) groups is 2. The van der Waals surface area contributed by atoms with Crippen molar-refractivity contribution >= 4 is 43.7 Å². The third-order valence-electron chi connectivity index (χ3n) is 3.56. The summed E-state index contributed by atoms with van der Waals surface area (Å²) in [6.07, 6.45) is 1.33. The van der Waals surface area contributed by atoms with E-state index in [-0.39, 0.29) is 17.8 Å². The number of ether oxygens (including phenoxy) is 1. The number of halogens is 2. The quantitative estimate of drug-likeness (QED) is 0.704. The Bertz CT molecular complexity index is 540. The number of carbonyl (C=O) groups excluding carboxylic acids is 2. The summed E-state index contributed by atoms with van der Waals surface area (Å²) in [4.78, 5) is 26.0. The van der Waals surface area contributed by atoms with Gasteiger partial charge in [-0.05, 0) is 53.9 Å². The highest BCUT2D eigenvalue weighted by atomic mass is 79.9. The van der Waals surface area contributed by atoms with Gasteiger partial charge in [-0.3, -0.25) is 9.59 Å². The normalized spacial score (nSPS) is 15.9. The Hall–Kier alpha value is -0.880. The summed E-state index contributed by atoms with van der Waals surface area (Å²) in [6.45, 7) is 3.38. The Kier molecular flexibility index (Phi) is 5.81. The predicted octanol–water partition coefficient (Wildman–Crippen LogP) is 3.63. The lowest BCUT2D eigenvalue weighted by Gasteiger charge is -2.31. The standard InChI is InChI=1S/C15H17Br2NO3/c1-2-21-15(20)10-5-7-18(8-6-10)14(19)12-9-11(16)3-4-13(12)17/h3-4,9-10H,2,5-8H2,1H3. The third kappa shape index (κ3) is 4.07. The first-order valence-corrected chi connectivity index (χ1v) is 8.52. The van der Waals surface area contributed by atoms with Gasteiger partial charge in [-0.1, -0.05) is 15.9 Å². The highest BCUT2D eigenvalue weighted by molar-refractivity contribution is 9.11. The number of hydrogen-bond donors (Lipinski definition) is 0. The van der Waals surface area contributed by atoms with Crippen LogP contribution >= 0.6 is 31.9 Å². The molecule has 0 bridgehead atoms. The van der Waals surface area contributed by atoms with Gasteiger partial charge in [0.25, 0.3) is 5.91 Å². The van der Waals surface area contributed by atoms with Gasteiger partial charge in [-0.25, -0.2) is 0 Å². The van der Waals surface area contributed by atoms with E-state index in [1.54, 1.807) is 11.8 Å². The van der Waals surface area contributed by atoms with Gasteiger partial charge >= 0.3 is 5.97 Å². The molecule has 114 valence electrons. The van der Waals surface area contributed by atoms with Crippen LogP contribution in [0.3, 0.4) is 0 Å². The van der Waals surface area contributed by atoms with Gasteiger partial charge in [0.1, 0.15) is 0 Å². The van der Waals surface area contributed by atoms with Crippen LogP contribution in [0, 0.1) is 5.92 Å². The fourth-order valence-corrected chi connectivity index (χ4v) is 3.19. The van der Waals surface area contributed by atoms with Crippen LogP contribution in [0.2, 0.25) is 0 Å². The molecular weight excluding hydrogens is 402 g/mol. The average molecular weight is 419 g/mol. The van der Waals surface area contributed by atoms with E-state index in [0.717, 1.165) is 8.95 Å². The van der Waals surface area contributed by atoms with Crippen LogP contribution in [0.4, 0.5) is 0 Å². The Labute approximate surface area is 141 Å². The molecule has 6 heteroatoms. The Morgan fingerprint density at radius 3 is 2.57 bits per heavy atom. The Balaban J connectivity index is 2.00. The zero-order valence-electron chi connectivity index (χ0n) is 11.8. The van der Waals surface area contributed by atoms with E-state index >= 15 is 0 Å². The highest BCUT2D eigenvalue weighted by Gasteiger charge is 2.29. The molecule has 0 unspecified atom stereocenters. The second-order valence-electron chi connectivity index (χ2n) is 4.94. The monoisotopic (exact) mass is 417 g/mol. The van der Waals surface area contributed by atoms with Crippen molar-refractivity contribution in [3.05, 3.63) is 32.7 Å². The number of benzene rings is 1. The Morgan fingerprint density at radius 1 is 1.29 bits per heavy atom. The van der Waals surface area contributed by atoms with Crippen LogP contribution in [0.1, 0.15) is 30.1 Å². The molecular formula is C15H17Br2NO3. The molecule has 1 aliphatic rings. The molecule has 1 heterocycles. The summed E-state index contributed by atoms with van der Waals surface area (Å²) in [7, 11) is 0. The minimum atomic E-state index is -0.145. The fraction of sp³-hybridized carbons (Fsp3) is 0.467. The average Bonchev–Trinajstić information content (AvgIpc) is 2.49. The van der Waals surface area contributed by atoms with Crippen LogP contribution in [0.5, 0.6) is 0 Å². The second-order valence-corrected chi connectivity index (χ2v) is 6.71. The van der Waals surface area contributed by atoms with E-state index in [9.17, 15) is 9.59 Å². The first kappa shape index (κ1) is 16.5. The lowest BCUT2D eigenvalue weighted by Crippen LogP contribution is -2.40. The van der Waals surface area contributed by atoms with Crippen LogP contribution in [0.25, 0.3) is 0 Å². The topological polar surface area (TPSA) is 46.6 Å². The molecule has 1 aromatic carbocycles. The van der Waals surface area contributed by atoms with Gasteiger partial charge in [-0.15, -0.1) is 0 Å². The number of rotatable bonds is 3. The molecule has 0 aromatic heterocycles. The van der Waals surface area contributed by atoms with Crippen LogP contribution in [-0.4, -0.2) is 36.5 Å². The zero-order chi connectivity index (χ0) is 15.4. The maximum absolute atomic E-state index is 12.5. The zero-order valence-corrected chi connectivity index (χ0v) is 14.9. The molecule has 1 aromatic rings. The molecule has 1 amide bonds. The Morgan fingerprint density at radius 2 is 1.95 bits per heavy atom. The van der Waals surface area contributed by atoms with Crippen molar-refractivity contribution in [2.45, 2.75) is 19.8 Å². The lowest BCUT2D eigenvalue weighted by atomic mass is 9.96. The van der Waals surface area contributed by atoms with Crippen molar-refractivity contribution in [3.8, 4) is 0 Å². The summed E-state index contributed by atoms with van der Waals surface area (Å²) in [6, 6.07) is 5.54. The molecule has 0 N–H and O–H groups in total. The molecule has 0 aliphatic carbocycles. The maximum atomic E-state index is 12.5. The van der Waals surface area contributed by atoms with Gasteiger partial charge in [-0.2, -0.15) is 0 Å². The first-order chi connectivity index (χ1) is 10.0. The molecule has 0 saturated carbocycles. The van der Waals surface area contributed by atoms with E-state index in [2.05, 4.69) is 31.9 Å². The summed E-state index contributed by atoms with van der Waals surface area (Å²) in [5.74, 6) is -0.237. The first-order valence-electron chi connectivity index (χ1n) is 6.94. The molecule has 4 nitrogen and oxygen atoms in total. The van der Waals surface area contributed by atoms with Crippen molar-refractivity contribution in [2.75, 3.05) is 19.7 Å². The summed E-state index contributed by atoms with van der Waals surface area (Å²) >= 11 is 6.79. The molecule has 0 atom stereocenters. The number of nitrogens with zero attached hydrogens (tertiary/aromatic N) is 1. The molecule has 1 fully saturated rings. The molecule has 2 rings (SSSR count). The van der Waals surface area contributed by atoms with Gasteiger partial charge in [0, 0.05) is 22.0 Å². The predicted molar refractivity (Wildman–Crippen MR) is 87.1 cm³/mol. The highest BCUT2D eigenvalue weighted by Crippen LogP contribution is 2.25. The van der Waals surface area contributed by atoms with Crippen LogP contribution in [-0.2, 0) is 9.53 Å². The maximum Gasteiger partial charge on any atom is 0.309 e. The van der Waals surface area contributed by atoms with Gasteiger partial charge in [0.15, 0.2) is 0 Å². The largest absolute Gasteiger partial charge is 0.466 e. The van der Waals surface area contributed by atoms with Crippen molar-refractivity contribution in [1.82, 2.24) is 4.90 Å². The fourth-order valence-electron chi connectivity index (χ4n) is 2.41. The second kappa shape index (κ2) is 7.40. The molecule has 21 heavy (non-hydrogen) atoms. The van der Waals surface area contributed by atoms with Crippen LogP contribution in [0.15, 0.2) is 27.1 Å². The van der Waals surface area contributed by atoms with E-state index in [4.69, 9.17) is 4.74 Å². The number of piperidine rings is 1. The molecule has 1 aliphatic heterocycles. The number of likely N-dealkylation sites (tertiary alicyclic amines) is 1. The SMILES string of the molecule is CCOC(=O)C1CCN(C(=O)c2cc(Br)ccc2Br)CC1. The van der Waals surface area contributed by atoms with Crippen molar-refractivity contribution in [2.24, 2.45) is 5.92 Å². The number of amides is 1. The van der Waals surface area contributed by atoms with Crippen molar-refractivity contribution in [3.63, 3.8) is 0 Å². The molecule has 0 spiro atoms. The van der Waals surface area contributed by atoms with Crippen molar-refractivity contribution in [1.29, 1.82) is 0 Å². The summed E-state index contributed by atoms with van der Waals surface area (Å²) < 4.78 is 6.69. The van der Waals surface area contributed by atoms with Gasteiger partial charge in [0.2, 0.25) is 0 Å². The van der Waals surface area contributed by atoms with E-state index in [0.29, 0.717) is 38.1 Å². The summed E-state index contributed by atoms with van der Waals surface area (Å²) in [5.41, 5.74) is 0.638. The minimum Gasteiger partial charge on any atom is -0.466 e. The number of esters is 1. The smallest absolute Gasteiger partial charge is 0.309 e. The van der Waals surface area contributed by atoms with Gasteiger partial charge < -0.3 is 9.64 Å². The van der Waals surface area contributed by atoms with E-state index in [1.807, 2.05) is 18.2 Å². The lowest BCUT2D eigenvalue weighted by molar-refractivity contribution is -0.149. The molecule has 0 radical (unpaired) electrons. The van der Waals surface area contributed by atoms with E-state index in [1.165, 1.54) is 0 Å². The molecule has 1 saturated heterocycles. The summed E-state index contributed by atoms with van der Waals surface area (Å²) in [5, 5.41) is 0. The van der Waals surface area contributed by atoms with Gasteiger partial charge in [0.05, 0.1) is 18.1 Å². The van der Waals surface area contributed by atoms with Crippen molar-refractivity contribution < 1.29 is 14.3 Å². The van der Waals surface area contributed by atoms with Crippen LogP contribution < -0.4 is 0 Å². The third-order valence-corrected chi connectivity index (χ3v) is 4.75. The number of hydrogen-bond acceptors (Lipinski definition) is 3.